The fourth-order valence-corrected chi connectivity index (χ4v) is 6.06. The number of nitrogens with zero attached hydrogens (tertiary/aromatic N) is 4. The average molecular weight is 439 g/mol. The first-order valence-corrected chi connectivity index (χ1v) is 12.6. The molecule has 5 rings (SSSR count). The van der Waals surface area contributed by atoms with Gasteiger partial charge in [0.2, 0.25) is 0 Å². The van der Waals surface area contributed by atoms with Gasteiger partial charge in [0.05, 0.1) is 5.69 Å². The van der Waals surface area contributed by atoms with Crippen LogP contribution in [-0.2, 0) is 26.4 Å². The van der Waals surface area contributed by atoms with Gasteiger partial charge in [-0.1, -0.05) is 25.1 Å². The van der Waals surface area contributed by atoms with Crippen LogP contribution in [0.4, 0.5) is 0 Å². The van der Waals surface area contributed by atoms with Crippen molar-refractivity contribution in [1.82, 2.24) is 19.6 Å². The number of benzene rings is 1. The largest absolute Gasteiger partial charge is 0.337 e. The van der Waals surface area contributed by atoms with Gasteiger partial charge in [0.1, 0.15) is 0 Å². The summed E-state index contributed by atoms with van der Waals surface area (Å²) in [4.78, 5) is 18.0. The molecule has 1 unspecified atom stereocenters. The third kappa shape index (κ3) is 4.19. The number of fused-ring (bicyclic) bond motifs is 1. The quantitative estimate of drug-likeness (QED) is 0.673. The molecule has 2 fully saturated rings. The van der Waals surface area contributed by atoms with Gasteiger partial charge in [-0.2, -0.15) is 5.10 Å². The maximum absolute atomic E-state index is 13.4. The summed E-state index contributed by atoms with van der Waals surface area (Å²) in [6.45, 7) is 7.10. The smallest absolute Gasteiger partial charge is 0.274 e. The second kappa shape index (κ2) is 8.67. The first kappa shape index (κ1) is 21.2. The van der Waals surface area contributed by atoms with E-state index < -0.39 is 0 Å². The minimum Gasteiger partial charge on any atom is -0.337 e. The van der Waals surface area contributed by atoms with Crippen molar-refractivity contribution in [3.8, 4) is 0 Å². The number of carbonyl (C=O) groups excluding carboxylic acids is 1. The summed E-state index contributed by atoms with van der Waals surface area (Å²) in [6.07, 6.45) is 6.86. The molecule has 0 spiro atoms. The number of piperidine rings is 1. The molecule has 3 heterocycles. The maximum atomic E-state index is 13.4. The molecule has 1 aromatic carbocycles. The van der Waals surface area contributed by atoms with Gasteiger partial charge in [0.15, 0.2) is 5.69 Å². The summed E-state index contributed by atoms with van der Waals surface area (Å²) in [5, 5.41) is 6.02. The molecule has 0 N–H and O–H groups in total. The first-order valence-electron chi connectivity index (χ1n) is 12.0. The normalized spacial score (nSPS) is 20.2. The van der Waals surface area contributed by atoms with Gasteiger partial charge in [-0.15, -0.1) is 9.24 Å². The Morgan fingerprint density at radius 2 is 1.94 bits per heavy atom. The highest BCUT2D eigenvalue weighted by molar-refractivity contribution is 7.27. The van der Waals surface area contributed by atoms with Crippen LogP contribution >= 0.6 is 9.24 Å². The first-order chi connectivity index (χ1) is 15.0. The van der Waals surface area contributed by atoms with E-state index in [2.05, 4.69) is 39.3 Å². The van der Waals surface area contributed by atoms with E-state index in [1.165, 1.54) is 47.1 Å². The van der Waals surface area contributed by atoms with Crippen molar-refractivity contribution < 1.29 is 4.79 Å². The van der Waals surface area contributed by atoms with Gasteiger partial charge in [0, 0.05) is 45.3 Å². The molecule has 0 bridgehead atoms. The molecule has 1 aliphatic carbocycles. The van der Waals surface area contributed by atoms with Crippen LogP contribution < -0.4 is 5.30 Å². The van der Waals surface area contributed by atoms with Gasteiger partial charge in [0.25, 0.3) is 5.91 Å². The number of aryl methyl sites for hydroxylation is 1. The van der Waals surface area contributed by atoms with E-state index in [-0.39, 0.29) is 5.91 Å². The Balaban J connectivity index is 1.27. The lowest BCUT2D eigenvalue weighted by molar-refractivity contribution is 0.0704. The average Bonchev–Trinajstić information content (AvgIpc) is 3.55. The highest BCUT2D eigenvalue weighted by Crippen LogP contribution is 2.33. The van der Waals surface area contributed by atoms with Crippen LogP contribution in [0.25, 0.3) is 0 Å². The van der Waals surface area contributed by atoms with Crippen LogP contribution in [0, 0.1) is 5.92 Å². The third-order valence-electron chi connectivity index (χ3n) is 7.57. The summed E-state index contributed by atoms with van der Waals surface area (Å²) < 4.78 is 1.96. The molecule has 6 heteroatoms. The second-order valence-electron chi connectivity index (χ2n) is 9.66. The molecule has 1 amide bonds. The molecule has 0 radical (unpaired) electrons. The van der Waals surface area contributed by atoms with Crippen LogP contribution in [-0.4, -0.2) is 51.7 Å². The van der Waals surface area contributed by atoms with Gasteiger partial charge < -0.3 is 4.90 Å². The van der Waals surface area contributed by atoms with Crippen molar-refractivity contribution in [1.29, 1.82) is 0 Å². The Morgan fingerprint density at radius 1 is 1.16 bits per heavy atom. The zero-order chi connectivity index (χ0) is 21.5. The Morgan fingerprint density at radius 3 is 2.65 bits per heavy atom. The van der Waals surface area contributed by atoms with E-state index in [1.54, 1.807) is 0 Å². The molecular formula is C25H35N4OP. The van der Waals surface area contributed by atoms with Gasteiger partial charge in [-0.25, -0.2) is 0 Å². The zero-order valence-corrected chi connectivity index (χ0v) is 20.1. The van der Waals surface area contributed by atoms with E-state index in [1.807, 2.05) is 16.6 Å². The molecule has 3 aliphatic rings. The molecule has 31 heavy (non-hydrogen) atoms. The molecular weight excluding hydrogens is 403 g/mol. The third-order valence-corrected chi connectivity index (χ3v) is 8.11. The molecule has 1 aromatic heterocycles. The minimum atomic E-state index is 0.140. The monoisotopic (exact) mass is 438 g/mol. The Hall–Kier alpha value is -1.71. The van der Waals surface area contributed by atoms with Crippen molar-refractivity contribution in [3.05, 3.63) is 46.3 Å². The van der Waals surface area contributed by atoms with E-state index in [0.717, 1.165) is 57.8 Å². The van der Waals surface area contributed by atoms with Crippen molar-refractivity contribution in [2.24, 2.45) is 13.0 Å². The van der Waals surface area contributed by atoms with Crippen molar-refractivity contribution >= 4 is 20.5 Å². The lowest BCUT2D eigenvalue weighted by atomic mass is 9.85. The van der Waals surface area contributed by atoms with Crippen LogP contribution in [0.15, 0.2) is 18.2 Å². The molecule has 1 saturated carbocycles. The standard InChI is InChI=1S/C25H35N4OP/c1-3-19-20(5-4-6-23(19)31)18-9-13-29(14-10-18)25(30)24-21-11-12-28(15-17-7-8-17)16-22(21)27(2)26-24/h4-6,17-18H,3,7-16,31H2,1-2H3. The van der Waals surface area contributed by atoms with Crippen molar-refractivity contribution in [3.63, 3.8) is 0 Å². The number of hydrogen-bond donors (Lipinski definition) is 0. The summed E-state index contributed by atoms with van der Waals surface area (Å²) in [5.74, 6) is 1.59. The molecule has 5 nitrogen and oxygen atoms in total. The zero-order valence-electron chi connectivity index (χ0n) is 18.9. The van der Waals surface area contributed by atoms with E-state index in [9.17, 15) is 4.79 Å². The highest BCUT2D eigenvalue weighted by Gasteiger charge is 2.33. The van der Waals surface area contributed by atoms with E-state index in [0.29, 0.717) is 11.6 Å². The highest BCUT2D eigenvalue weighted by atomic mass is 31.0. The topological polar surface area (TPSA) is 41.4 Å². The SMILES string of the molecule is CCc1c(P)cccc1C1CCN(C(=O)c2nn(C)c3c2CCN(CC2CC2)C3)CC1. The van der Waals surface area contributed by atoms with Gasteiger partial charge in [-0.3, -0.25) is 14.4 Å². The predicted molar refractivity (Wildman–Crippen MR) is 128 cm³/mol. The van der Waals surface area contributed by atoms with Gasteiger partial charge >= 0.3 is 0 Å². The Labute approximate surface area is 188 Å². The van der Waals surface area contributed by atoms with Crippen LogP contribution in [0.2, 0.25) is 0 Å². The summed E-state index contributed by atoms with van der Waals surface area (Å²) >= 11 is 0. The van der Waals surface area contributed by atoms with Crippen LogP contribution in [0.3, 0.4) is 0 Å². The molecule has 1 atom stereocenters. The number of amides is 1. The van der Waals surface area contributed by atoms with Crippen LogP contribution in [0.1, 0.15) is 71.4 Å². The molecule has 2 aliphatic heterocycles. The van der Waals surface area contributed by atoms with E-state index in [4.69, 9.17) is 5.10 Å². The van der Waals surface area contributed by atoms with Crippen molar-refractivity contribution in [2.45, 2.75) is 57.9 Å². The summed E-state index contributed by atoms with van der Waals surface area (Å²) in [7, 11) is 4.89. The number of carbonyl (C=O) groups is 1. The van der Waals surface area contributed by atoms with Crippen molar-refractivity contribution in [2.75, 3.05) is 26.2 Å². The molecule has 1 saturated heterocycles. The minimum absolute atomic E-state index is 0.140. The second-order valence-corrected chi connectivity index (χ2v) is 10.3. The molecule has 166 valence electrons. The number of rotatable bonds is 5. The Bertz CT molecular complexity index is 972. The number of likely N-dealkylation sites (tertiary alicyclic amines) is 1. The number of aromatic nitrogens is 2. The fraction of sp³-hybridized carbons (Fsp3) is 0.600. The fourth-order valence-electron chi connectivity index (χ4n) is 5.57. The lowest BCUT2D eigenvalue weighted by Gasteiger charge is -2.33. The maximum Gasteiger partial charge on any atom is 0.274 e. The molecule has 2 aromatic rings. The Kier molecular flexibility index (Phi) is 5.92. The van der Waals surface area contributed by atoms with E-state index >= 15 is 0 Å². The van der Waals surface area contributed by atoms with Gasteiger partial charge in [-0.05, 0) is 66.8 Å². The lowest BCUT2D eigenvalue weighted by Crippen LogP contribution is -2.39. The number of hydrogen-bond acceptors (Lipinski definition) is 3. The summed E-state index contributed by atoms with van der Waals surface area (Å²) in [5.41, 5.74) is 6.10. The summed E-state index contributed by atoms with van der Waals surface area (Å²) in [6, 6.07) is 6.64. The van der Waals surface area contributed by atoms with Crippen LogP contribution in [0.5, 0.6) is 0 Å². The predicted octanol–water partition coefficient (Wildman–Crippen LogP) is 3.27.